The van der Waals surface area contributed by atoms with Gasteiger partial charge in [-0.15, -0.1) is 0 Å². The third-order valence-corrected chi connectivity index (χ3v) is 5.81. The Morgan fingerprint density at radius 1 is 0.967 bits per heavy atom. The number of nitrogens with one attached hydrogen (secondary N) is 1. The van der Waals surface area contributed by atoms with Crippen molar-refractivity contribution in [2.45, 2.75) is 31.8 Å². The molecule has 2 heterocycles. The van der Waals surface area contributed by atoms with Crippen molar-refractivity contribution in [1.29, 1.82) is 0 Å². The lowest BCUT2D eigenvalue weighted by molar-refractivity contribution is -0.142. The van der Waals surface area contributed by atoms with E-state index in [-0.39, 0.29) is 11.8 Å². The normalized spacial score (nSPS) is 18.2. The number of likely N-dealkylation sites (tertiary alicyclic amines) is 1. The monoisotopic (exact) mass is 407 g/mol. The van der Waals surface area contributed by atoms with E-state index in [0.717, 1.165) is 50.3 Å². The summed E-state index contributed by atoms with van der Waals surface area (Å²) in [6.07, 6.45) is 2.35. The van der Waals surface area contributed by atoms with Crippen LogP contribution in [0.1, 0.15) is 36.4 Å². The molecule has 6 heteroatoms. The van der Waals surface area contributed by atoms with Crippen LogP contribution in [0, 0.1) is 0 Å². The molecular weight excluding hydrogens is 378 g/mol. The van der Waals surface area contributed by atoms with Crippen LogP contribution in [0.25, 0.3) is 0 Å². The number of hydrogen-bond donors (Lipinski definition) is 1. The van der Waals surface area contributed by atoms with E-state index in [4.69, 9.17) is 4.74 Å². The zero-order valence-corrected chi connectivity index (χ0v) is 17.3. The molecule has 2 aliphatic heterocycles. The summed E-state index contributed by atoms with van der Waals surface area (Å²) in [4.78, 5) is 29.7. The fraction of sp³-hybridized carbons (Fsp3) is 0.417. The number of nitrogens with zero attached hydrogens (tertiary/aromatic N) is 2. The highest BCUT2D eigenvalue weighted by Crippen LogP contribution is 2.26. The van der Waals surface area contributed by atoms with Gasteiger partial charge in [0.1, 0.15) is 6.04 Å². The van der Waals surface area contributed by atoms with E-state index >= 15 is 0 Å². The smallest absolute Gasteiger partial charge is 0.247 e. The predicted octanol–water partition coefficient (Wildman–Crippen LogP) is 2.89. The van der Waals surface area contributed by atoms with Gasteiger partial charge < -0.3 is 19.9 Å². The average Bonchev–Trinajstić information content (AvgIpc) is 2.81. The van der Waals surface area contributed by atoms with Crippen LogP contribution in [-0.2, 0) is 20.9 Å². The third kappa shape index (κ3) is 4.82. The van der Waals surface area contributed by atoms with Crippen LogP contribution < -0.4 is 10.2 Å². The quantitative estimate of drug-likeness (QED) is 0.800. The number of carbonyl (C=O) groups is 2. The zero-order chi connectivity index (χ0) is 20.8. The number of amides is 2. The van der Waals surface area contributed by atoms with E-state index < -0.39 is 6.04 Å². The van der Waals surface area contributed by atoms with Gasteiger partial charge in [-0.3, -0.25) is 9.59 Å². The van der Waals surface area contributed by atoms with Gasteiger partial charge in [-0.2, -0.15) is 0 Å². The Hall–Kier alpha value is -2.86. The van der Waals surface area contributed by atoms with Gasteiger partial charge in [0.15, 0.2) is 0 Å². The Morgan fingerprint density at radius 3 is 2.40 bits per heavy atom. The standard InChI is InChI=1S/C24H29N3O3/c28-22-8-4-5-13-27(22)23(20-6-2-1-3-7-20)24(29)25-18-19-9-11-21(12-10-19)26-14-16-30-17-15-26/h1-3,6-7,9-12,23H,4-5,8,13-18H2,(H,25,29). The molecule has 0 saturated carbocycles. The fourth-order valence-electron chi connectivity index (χ4n) is 4.14. The van der Waals surface area contributed by atoms with Gasteiger partial charge in [0.05, 0.1) is 13.2 Å². The van der Waals surface area contributed by atoms with Gasteiger partial charge in [-0.05, 0) is 36.1 Å². The molecule has 0 aromatic heterocycles. The topological polar surface area (TPSA) is 61.9 Å². The molecular formula is C24H29N3O3. The zero-order valence-electron chi connectivity index (χ0n) is 17.3. The molecule has 6 nitrogen and oxygen atoms in total. The average molecular weight is 408 g/mol. The van der Waals surface area contributed by atoms with E-state index in [9.17, 15) is 9.59 Å². The summed E-state index contributed by atoms with van der Waals surface area (Å²) in [5.74, 6) is -0.0752. The van der Waals surface area contributed by atoms with Crippen LogP contribution in [0.15, 0.2) is 54.6 Å². The van der Waals surface area contributed by atoms with Crippen LogP contribution in [0.3, 0.4) is 0 Å². The Morgan fingerprint density at radius 2 is 1.70 bits per heavy atom. The van der Waals surface area contributed by atoms with Crippen molar-refractivity contribution in [2.75, 3.05) is 37.7 Å². The van der Waals surface area contributed by atoms with Crippen molar-refractivity contribution >= 4 is 17.5 Å². The fourth-order valence-corrected chi connectivity index (χ4v) is 4.14. The van der Waals surface area contributed by atoms with Gasteiger partial charge >= 0.3 is 0 Å². The number of morpholine rings is 1. The van der Waals surface area contributed by atoms with Crippen molar-refractivity contribution in [3.8, 4) is 0 Å². The van der Waals surface area contributed by atoms with Crippen LogP contribution in [-0.4, -0.2) is 49.6 Å². The largest absolute Gasteiger partial charge is 0.378 e. The predicted molar refractivity (Wildman–Crippen MR) is 116 cm³/mol. The minimum atomic E-state index is -0.577. The highest BCUT2D eigenvalue weighted by atomic mass is 16.5. The van der Waals surface area contributed by atoms with Gasteiger partial charge in [0.2, 0.25) is 11.8 Å². The summed E-state index contributed by atoms with van der Waals surface area (Å²) in [7, 11) is 0. The van der Waals surface area contributed by atoms with E-state index in [0.29, 0.717) is 19.5 Å². The SMILES string of the molecule is O=C(NCc1ccc(N2CCOCC2)cc1)C(c1ccccc1)N1CCCCC1=O. The molecule has 2 saturated heterocycles. The molecule has 1 N–H and O–H groups in total. The van der Waals surface area contributed by atoms with E-state index in [2.05, 4.69) is 34.5 Å². The van der Waals surface area contributed by atoms with Crippen LogP contribution in [0.2, 0.25) is 0 Å². The number of rotatable bonds is 6. The first-order valence-corrected chi connectivity index (χ1v) is 10.8. The van der Waals surface area contributed by atoms with E-state index in [1.54, 1.807) is 4.90 Å². The van der Waals surface area contributed by atoms with Gasteiger partial charge in [0, 0.05) is 38.3 Å². The molecule has 2 amide bonds. The van der Waals surface area contributed by atoms with Crippen LogP contribution in [0.5, 0.6) is 0 Å². The number of hydrogen-bond acceptors (Lipinski definition) is 4. The lowest BCUT2D eigenvalue weighted by atomic mass is 10.0. The molecule has 158 valence electrons. The Balaban J connectivity index is 1.43. The lowest BCUT2D eigenvalue weighted by Crippen LogP contribution is -2.45. The molecule has 0 bridgehead atoms. The first kappa shape index (κ1) is 20.4. The summed E-state index contributed by atoms with van der Waals surface area (Å²) < 4.78 is 5.41. The van der Waals surface area contributed by atoms with Crippen LogP contribution >= 0.6 is 0 Å². The number of carbonyl (C=O) groups excluding carboxylic acids is 2. The first-order chi connectivity index (χ1) is 14.7. The molecule has 1 atom stereocenters. The second-order valence-electron chi connectivity index (χ2n) is 7.84. The maximum absolute atomic E-state index is 13.1. The van der Waals surface area contributed by atoms with Crippen LogP contribution in [0.4, 0.5) is 5.69 Å². The molecule has 2 aliphatic rings. The second kappa shape index (κ2) is 9.76. The maximum Gasteiger partial charge on any atom is 0.247 e. The summed E-state index contributed by atoms with van der Waals surface area (Å²) in [6, 6.07) is 17.3. The Labute approximate surface area is 177 Å². The highest BCUT2D eigenvalue weighted by molar-refractivity contribution is 5.89. The summed E-state index contributed by atoms with van der Waals surface area (Å²) >= 11 is 0. The number of piperidine rings is 1. The molecule has 0 aliphatic carbocycles. The molecule has 2 fully saturated rings. The van der Waals surface area contributed by atoms with Crippen molar-refractivity contribution < 1.29 is 14.3 Å². The lowest BCUT2D eigenvalue weighted by Gasteiger charge is -2.34. The minimum absolute atomic E-state index is 0.0557. The van der Waals surface area contributed by atoms with Crippen molar-refractivity contribution in [2.24, 2.45) is 0 Å². The minimum Gasteiger partial charge on any atom is -0.378 e. The third-order valence-electron chi connectivity index (χ3n) is 5.81. The van der Waals surface area contributed by atoms with E-state index in [1.807, 2.05) is 30.3 Å². The summed E-state index contributed by atoms with van der Waals surface area (Å²) in [5, 5.41) is 3.05. The van der Waals surface area contributed by atoms with Crippen molar-refractivity contribution in [3.63, 3.8) is 0 Å². The van der Waals surface area contributed by atoms with Gasteiger partial charge in [-0.1, -0.05) is 42.5 Å². The molecule has 1 unspecified atom stereocenters. The Kier molecular flexibility index (Phi) is 6.64. The Bertz CT molecular complexity index is 848. The number of ether oxygens (including phenoxy) is 1. The van der Waals surface area contributed by atoms with Crippen molar-refractivity contribution in [3.05, 3.63) is 65.7 Å². The molecule has 30 heavy (non-hydrogen) atoms. The van der Waals surface area contributed by atoms with Gasteiger partial charge in [-0.25, -0.2) is 0 Å². The van der Waals surface area contributed by atoms with Crippen molar-refractivity contribution in [1.82, 2.24) is 10.2 Å². The highest BCUT2D eigenvalue weighted by Gasteiger charge is 2.32. The van der Waals surface area contributed by atoms with Gasteiger partial charge in [0.25, 0.3) is 0 Å². The molecule has 0 radical (unpaired) electrons. The molecule has 2 aromatic rings. The maximum atomic E-state index is 13.1. The summed E-state index contributed by atoms with van der Waals surface area (Å²) in [6.45, 7) is 4.38. The van der Waals surface area contributed by atoms with E-state index in [1.165, 1.54) is 5.69 Å². The molecule has 2 aromatic carbocycles. The molecule has 0 spiro atoms. The number of benzene rings is 2. The second-order valence-corrected chi connectivity index (χ2v) is 7.84. The number of anilines is 1. The summed E-state index contributed by atoms with van der Waals surface area (Å²) in [5.41, 5.74) is 3.07. The molecule has 4 rings (SSSR count). The first-order valence-electron chi connectivity index (χ1n) is 10.8.